The fourth-order valence-electron chi connectivity index (χ4n) is 2.26. The largest absolute Gasteiger partial charge is 0.388 e. The minimum absolute atomic E-state index is 0.263. The molecule has 100 valence electrons. The maximum absolute atomic E-state index is 13.0. The molecule has 1 atom stereocenters. The molecule has 0 heterocycles. The second-order valence-corrected chi connectivity index (χ2v) is 4.89. The van der Waals surface area contributed by atoms with Crippen molar-refractivity contribution in [3.8, 4) is 0 Å². The number of hydrogen-bond acceptors (Lipinski definition) is 1. The van der Waals surface area contributed by atoms with E-state index in [-0.39, 0.29) is 5.82 Å². The molecule has 0 amide bonds. The van der Waals surface area contributed by atoms with Gasteiger partial charge in [-0.25, -0.2) is 4.39 Å². The van der Waals surface area contributed by atoms with Crippen LogP contribution < -0.4 is 0 Å². The molecule has 0 aliphatic heterocycles. The lowest BCUT2D eigenvalue weighted by Gasteiger charge is -2.14. The zero-order chi connectivity index (χ0) is 13.8. The van der Waals surface area contributed by atoms with Gasteiger partial charge in [0.25, 0.3) is 0 Å². The van der Waals surface area contributed by atoms with E-state index in [2.05, 4.69) is 19.1 Å². The molecule has 2 rings (SSSR count). The van der Waals surface area contributed by atoms with E-state index in [0.29, 0.717) is 6.42 Å². The second-order valence-electron chi connectivity index (χ2n) is 4.89. The molecular weight excluding hydrogens is 239 g/mol. The molecular formula is C17H19FO. The number of benzene rings is 2. The van der Waals surface area contributed by atoms with Crippen molar-refractivity contribution in [3.05, 3.63) is 70.5 Å². The Kier molecular flexibility index (Phi) is 4.33. The van der Waals surface area contributed by atoms with E-state index in [9.17, 15) is 9.50 Å². The number of aliphatic hydroxyl groups is 1. The van der Waals surface area contributed by atoms with Crippen molar-refractivity contribution in [2.24, 2.45) is 0 Å². The van der Waals surface area contributed by atoms with E-state index in [0.717, 1.165) is 23.1 Å². The molecule has 0 spiro atoms. The molecule has 19 heavy (non-hydrogen) atoms. The summed E-state index contributed by atoms with van der Waals surface area (Å²) in [6, 6.07) is 12.8. The third kappa shape index (κ3) is 3.42. The first-order chi connectivity index (χ1) is 9.10. The van der Waals surface area contributed by atoms with Crippen molar-refractivity contribution in [2.45, 2.75) is 32.8 Å². The predicted molar refractivity (Wildman–Crippen MR) is 75.6 cm³/mol. The Morgan fingerprint density at radius 2 is 1.68 bits per heavy atom. The predicted octanol–water partition coefficient (Wildman–Crippen LogP) is 3.97. The highest BCUT2D eigenvalue weighted by Crippen LogP contribution is 2.22. The van der Waals surface area contributed by atoms with Gasteiger partial charge in [-0.2, -0.15) is 0 Å². The summed E-state index contributed by atoms with van der Waals surface area (Å²) in [6.45, 7) is 3.94. The first kappa shape index (κ1) is 13.8. The molecule has 0 aliphatic rings. The molecule has 1 N–H and O–H groups in total. The Morgan fingerprint density at radius 3 is 2.26 bits per heavy atom. The highest BCUT2D eigenvalue weighted by atomic mass is 19.1. The summed E-state index contributed by atoms with van der Waals surface area (Å²) >= 11 is 0. The second kappa shape index (κ2) is 5.98. The first-order valence-electron chi connectivity index (χ1n) is 6.62. The molecule has 0 saturated heterocycles. The summed E-state index contributed by atoms with van der Waals surface area (Å²) in [5.74, 6) is -0.263. The van der Waals surface area contributed by atoms with Crippen LogP contribution in [0.5, 0.6) is 0 Å². The Labute approximate surface area is 113 Å². The topological polar surface area (TPSA) is 20.2 Å². The van der Waals surface area contributed by atoms with Gasteiger partial charge in [0.05, 0.1) is 6.10 Å². The smallest absolute Gasteiger partial charge is 0.123 e. The number of aryl methyl sites for hydroxylation is 2. The summed E-state index contributed by atoms with van der Waals surface area (Å²) in [6.07, 6.45) is 0.976. The monoisotopic (exact) mass is 258 g/mol. The zero-order valence-electron chi connectivity index (χ0n) is 11.4. The van der Waals surface area contributed by atoms with Crippen LogP contribution in [0.2, 0.25) is 0 Å². The van der Waals surface area contributed by atoms with Gasteiger partial charge in [-0.15, -0.1) is 0 Å². The van der Waals surface area contributed by atoms with Gasteiger partial charge in [0.1, 0.15) is 5.82 Å². The van der Waals surface area contributed by atoms with Crippen LogP contribution in [0.3, 0.4) is 0 Å². The van der Waals surface area contributed by atoms with E-state index in [1.807, 2.05) is 19.1 Å². The van der Waals surface area contributed by atoms with Crippen LogP contribution in [-0.4, -0.2) is 5.11 Å². The number of hydrogen-bond donors (Lipinski definition) is 1. The summed E-state index contributed by atoms with van der Waals surface area (Å²) in [5, 5.41) is 10.2. The van der Waals surface area contributed by atoms with Crippen LogP contribution >= 0.6 is 0 Å². The highest BCUT2D eigenvalue weighted by molar-refractivity contribution is 5.31. The van der Waals surface area contributed by atoms with Crippen molar-refractivity contribution < 1.29 is 9.50 Å². The van der Waals surface area contributed by atoms with Gasteiger partial charge in [-0.3, -0.25) is 0 Å². The third-order valence-electron chi connectivity index (χ3n) is 3.45. The zero-order valence-corrected chi connectivity index (χ0v) is 11.4. The fourth-order valence-corrected chi connectivity index (χ4v) is 2.26. The maximum atomic E-state index is 13.0. The Morgan fingerprint density at radius 1 is 1.05 bits per heavy atom. The van der Waals surface area contributed by atoms with Crippen LogP contribution in [0.25, 0.3) is 0 Å². The van der Waals surface area contributed by atoms with Gasteiger partial charge in [0.2, 0.25) is 0 Å². The van der Waals surface area contributed by atoms with Crippen molar-refractivity contribution >= 4 is 0 Å². The van der Waals surface area contributed by atoms with Crippen LogP contribution in [0, 0.1) is 12.7 Å². The molecule has 0 bridgehead atoms. The summed E-state index contributed by atoms with van der Waals surface area (Å²) < 4.78 is 13.0. The van der Waals surface area contributed by atoms with E-state index >= 15 is 0 Å². The molecule has 2 aromatic carbocycles. The van der Waals surface area contributed by atoms with Gasteiger partial charge in [0.15, 0.2) is 0 Å². The van der Waals surface area contributed by atoms with Crippen molar-refractivity contribution in [1.29, 1.82) is 0 Å². The highest BCUT2D eigenvalue weighted by Gasteiger charge is 2.11. The molecule has 2 heteroatoms. The summed E-state index contributed by atoms with van der Waals surface area (Å²) in [5.41, 5.74) is 3.96. The lowest BCUT2D eigenvalue weighted by atomic mass is 9.97. The van der Waals surface area contributed by atoms with Gasteiger partial charge in [0, 0.05) is 6.42 Å². The molecule has 0 aliphatic carbocycles. The van der Waals surface area contributed by atoms with Crippen molar-refractivity contribution in [3.63, 3.8) is 0 Å². The van der Waals surface area contributed by atoms with Crippen LogP contribution in [0.4, 0.5) is 4.39 Å². The minimum atomic E-state index is -0.590. The average molecular weight is 258 g/mol. The number of halogens is 1. The van der Waals surface area contributed by atoms with E-state index in [1.165, 1.54) is 17.7 Å². The van der Waals surface area contributed by atoms with Gasteiger partial charge in [-0.1, -0.05) is 37.3 Å². The number of aliphatic hydroxyl groups excluding tert-OH is 1. The molecule has 1 unspecified atom stereocenters. The summed E-state index contributed by atoms with van der Waals surface area (Å²) in [7, 11) is 0. The van der Waals surface area contributed by atoms with Crippen molar-refractivity contribution in [2.75, 3.05) is 0 Å². The lowest BCUT2D eigenvalue weighted by Crippen LogP contribution is -2.04. The standard InChI is InChI=1S/C17H19FO/c1-3-13-4-6-14(7-5-13)11-17(19)16-9-8-15(18)10-12(16)2/h4-10,17,19H,3,11H2,1-2H3. The molecule has 1 nitrogen and oxygen atoms in total. The fraction of sp³-hybridized carbons (Fsp3) is 0.294. The maximum Gasteiger partial charge on any atom is 0.123 e. The van der Waals surface area contributed by atoms with E-state index < -0.39 is 6.10 Å². The SMILES string of the molecule is CCc1ccc(CC(O)c2ccc(F)cc2C)cc1. The minimum Gasteiger partial charge on any atom is -0.388 e. The quantitative estimate of drug-likeness (QED) is 0.879. The first-order valence-corrected chi connectivity index (χ1v) is 6.62. The average Bonchev–Trinajstić information content (AvgIpc) is 2.39. The molecule has 0 fully saturated rings. The number of rotatable bonds is 4. The van der Waals surface area contributed by atoms with Crippen LogP contribution in [-0.2, 0) is 12.8 Å². The Hall–Kier alpha value is -1.67. The molecule has 0 aromatic heterocycles. The van der Waals surface area contributed by atoms with Crippen molar-refractivity contribution in [1.82, 2.24) is 0 Å². The Bertz CT molecular complexity index is 546. The molecule has 2 aromatic rings. The van der Waals surface area contributed by atoms with Crippen LogP contribution in [0.1, 0.15) is 35.3 Å². The van der Waals surface area contributed by atoms with Gasteiger partial charge in [-0.05, 0) is 47.7 Å². The molecule has 0 saturated carbocycles. The summed E-state index contributed by atoms with van der Waals surface area (Å²) in [4.78, 5) is 0. The van der Waals surface area contributed by atoms with Crippen LogP contribution in [0.15, 0.2) is 42.5 Å². The van der Waals surface area contributed by atoms with E-state index in [1.54, 1.807) is 6.07 Å². The van der Waals surface area contributed by atoms with Gasteiger partial charge >= 0.3 is 0 Å². The lowest BCUT2D eigenvalue weighted by molar-refractivity contribution is 0.177. The van der Waals surface area contributed by atoms with Gasteiger partial charge < -0.3 is 5.11 Å². The Balaban J connectivity index is 2.13. The normalized spacial score (nSPS) is 12.4. The molecule has 0 radical (unpaired) electrons. The van der Waals surface area contributed by atoms with E-state index in [4.69, 9.17) is 0 Å². The third-order valence-corrected chi connectivity index (χ3v) is 3.45.